The third kappa shape index (κ3) is 4.27. The van der Waals surface area contributed by atoms with Gasteiger partial charge in [-0.15, -0.1) is 0 Å². The van der Waals surface area contributed by atoms with Gasteiger partial charge in [-0.1, -0.05) is 13.8 Å². The van der Waals surface area contributed by atoms with Crippen LogP contribution in [0.25, 0.3) is 0 Å². The summed E-state index contributed by atoms with van der Waals surface area (Å²) in [5, 5.41) is 1.47. The topological polar surface area (TPSA) is 29.5 Å². The van der Waals surface area contributed by atoms with Crippen LogP contribution in [0.3, 0.4) is 0 Å². The van der Waals surface area contributed by atoms with Gasteiger partial charge in [-0.25, -0.2) is 5.06 Å². The Balaban J connectivity index is 4.33. The number of nitrogens with zero attached hydrogens (tertiary/aromatic N) is 1. The number of rotatable bonds is 4. The van der Waals surface area contributed by atoms with Crippen molar-refractivity contribution in [3.8, 4) is 0 Å². The van der Waals surface area contributed by atoms with Crippen LogP contribution in [0.5, 0.6) is 0 Å². The minimum atomic E-state index is -0.0128. The molecule has 0 saturated heterocycles. The molecule has 0 N–H and O–H groups in total. The fourth-order valence-electron chi connectivity index (χ4n) is 0.910. The predicted molar refractivity (Wildman–Crippen MR) is 53.0 cm³/mol. The first-order chi connectivity index (χ1) is 5.86. The summed E-state index contributed by atoms with van der Waals surface area (Å²) in [6, 6.07) is 0.0947. The standard InChI is InChI=1S/C10H21NO2/c1-7(2)10(12)11(8(3)4)13-9(5)6/h7-9H,1-6H3. The number of hydrogen-bond acceptors (Lipinski definition) is 2. The maximum Gasteiger partial charge on any atom is 0.248 e. The molecule has 0 aliphatic rings. The lowest BCUT2D eigenvalue weighted by molar-refractivity contribution is -0.214. The van der Waals surface area contributed by atoms with Gasteiger partial charge in [0.1, 0.15) is 0 Å². The van der Waals surface area contributed by atoms with E-state index < -0.39 is 0 Å². The zero-order valence-electron chi connectivity index (χ0n) is 9.50. The van der Waals surface area contributed by atoms with Crippen LogP contribution in [0.2, 0.25) is 0 Å². The Morgan fingerprint density at radius 1 is 1.08 bits per heavy atom. The van der Waals surface area contributed by atoms with Crippen LogP contribution in [0.1, 0.15) is 41.5 Å². The van der Waals surface area contributed by atoms with Crippen LogP contribution >= 0.6 is 0 Å². The molecule has 0 heterocycles. The fraction of sp³-hybridized carbons (Fsp3) is 0.900. The molecule has 0 aromatic carbocycles. The van der Waals surface area contributed by atoms with E-state index in [9.17, 15) is 4.79 Å². The van der Waals surface area contributed by atoms with Crippen molar-refractivity contribution >= 4 is 5.91 Å². The largest absolute Gasteiger partial charge is 0.272 e. The van der Waals surface area contributed by atoms with E-state index in [0.29, 0.717) is 0 Å². The highest BCUT2D eigenvalue weighted by molar-refractivity contribution is 5.77. The van der Waals surface area contributed by atoms with Crippen molar-refractivity contribution in [1.82, 2.24) is 5.06 Å². The highest BCUT2D eigenvalue weighted by Gasteiger charge is 2.21. The van der Waals surface area contributed by atoms with Gasteiger partial charge >= 0.3 is 0 Å². The van der Waals surface area contributed by atoms with Gasteiger partial charge in [0.2, 0.25) is 5.91 Å². The molecule has 13 heavy (non-hydrogen) atoms. The van der Waals surface area contributed by atoms with Crippen LogP contribution in [0.4, 0.5) is 0 Å². The molecule has 0 saturated carbocycles. The van der Waals surface area contributed by atoms with Crippen molar-refractivity contribution in [1.29, 1.82) is 0 Å². The van der Waals surface area contributed by atoms with Gasteiger partial charge in [0.15, 0.2) is 0 Å². The molecule has 3 nitrogen and oxygen atoms in total. The van der Waals surface area contributed by atoms with Gasteiger partial charge in [-0.05, 0) is 27.7 Å². The Morgan fingerprint density at radius 3 is 1.77 bits per heavy atom. The quantitative estimate of drug-likeness (QED) is 0.631. The summed E-state index contributed by atoms with van der Waals surface area (Å²) in [7, 11) is 0. The lowest BCUT2D eigenvalue weighted by atomic mass is 10.2. The van der Waals surface area contributed by atoms with Crippen molar-refractivity contribution in [2.75, 3.05) is 0 Å². The number of amides is 1. The maximum atomic E-state index is 11.6. The zero-order chi connectivity index (χ0) is 10.6. The number of carbonyl (C=O) groups is 1. The van der Waals surface area contributed by atoms with E-state index in [1.165, 1.54) is 5.06 Å². The molecule has 0 bridgehead atoms. The molecule has 0 fully saturated rings. The molecule has 78 valence electrons. The SMILES string of the molecule is CC(C)ON(C(=O)C(C)C)C(C)C. The van der Waals surface area contributed by atoms with Crippen molar-refractivity contribution in [3.63, 3.8) is 0 Å². The number of hydrogen-bond donors (Lipinski definition) is 0. The van der Waals surface area contributed by atoms with E-state index in [-0.39, 0.29) is 24.0 Å². The van der Waals surface area contributed by atoms with Crippen molar-refractivity contribution in [2.24, 2.45) is 5.92 Å². The predicted octanol–water partition coefficient (Wildman–Crippen LogP) is 2.22. The van der Waals surface area contributed by atoms with E-state index >= 15 is 0 Å². The first-order valence-corrected chi connectivity index (χ1v) is 4.86. The van der Waals surface area contributed by atoms with E-state index in [2.05, 4.69) is 0 Å². The van der Waals surface area contributed by atoms with Crippen LogP contribution in [0.15, 0.2) is 0 Å². The van der Waals surface area contributed by atoms with E-state index in [1.54, 1.807) is 0 Å². The minimum Gasteiger partial charge on any atom is -0.272 e. The molecule has 0 aliphatic heterocycles. The van der Waals surface area contributed by atoms with Gasteiger partial charge in [0, 0.05) is 5.92 Å². The molecular formula is C10H21NO2. The molecule has 0 unspecified atom stereocenters. The van der Waals surface area contributed by atoms with Gasteiger partial charge < -0.3 is 0 Å². The number of carbonyl (C=O) groups excluding carboxylic acids is 1. The lowest BCUT2D eigenvalue weighted by Crippen LogP contribution is -2.41. The number of hydroxylamine groups is 2. The van der Waals surface area contributed by atoms with Crippen LogP contribution in [-0.4, -0.2) is 23.1 Å². The van der Waals surface area contributed by atoms with E-state index in [0.717, 1.165) is 0 Å². The summed E-state index contributed by atoms with van der Waals surface area (Å²) < 4.78 is 0. The highest BCUT2D eigenvalue weighted by Crippen LogP contribution is 2.09. The molecule has 0 rings (SSSR count). The van der Waals surface area contributed by atoms with Crippen molar-refractivity contribution in [3.05, 3.63) is 0 Å². The Kier molecular flexibility index (Phi) is 4.99. The highest BCUT2D eigenvalue weighted by atomic mass is 16.7. The third-order valence-electron chi connectivity index (χ3n) is 1.50. The second-order valence-electron chi connectivity index (χ2n) is 4.07. The Labute approximate surface area is 81.0 Å². The summed E-state index contributed by atoms with van der Waals surface area (Å²) in [6.07, 6.45) is 0.0464. The molecule has 1 amide bonds. The zero-order valence-corrected chi connectivity index (χ0v) is 9.50. The summed E-state index contributed by atoms with van der Waals surface area (Å²) in [6.45, 7) is 11.5. The second kappa shape index (κ2) is 5.22. The molecular weight excluding hydrogens is 166 g/mol. The monoisotopic (exact) mass is 187 g/mol. The summed E-state index contributed by atoms with van der Waals surface area (Å²) in [5.74, 6) is 0.0323. The smallest absolute Gasteiger partial charge is 0.248 e. The average Bonchev–Trinajstić information content (AvgIpc) is 1.97. The Bertz CT molecular complexity index is 164. The van der Waals surface area contributed by atoms with Crippen LogP contribution < -0.4 is 0 Å². The summed E-state index contributed by atoms with van der Waals surface area (Å²) in [4.78, 5) is 17.0. The normalized spacial score (nSPS) is 11.5. The molecule has 3 heteroatoms. The second-order valence-corrected chi connectivity index (χ2v) is 4.07. The molecule has 0 aliphatic carbocycles. The average molecular weight is 187 g/mol. The molecule has 0 spiro atoms. The lowest BCUT2D eigenvalue weighted by Gasteiger charge is -2.28. The Morgan fingerprint density at radius 2 is 1.54 bits per heavy atom. The van der Waals surface area contributed by atoms with Crippen LogP contribution in [0, 0.1) is 5.92 Å². The van der Waals surface area contributed by atoms with Gasteiger partial charge in [-0.3, -0.25) is 9.63 Å². The third-order valence-corrected chi connectivity index (χ3v) is 1.50. The maximum absolute atomic E-state index is 11.6. The molecule has 0 aromatic heterocycles. The van der Waals surface area contributed by atoms with Gasteiger partial charge in [0.05, 0.1) is 12.1 Å². The van der Waals surface area contributed by atoms with Crippen molar-refractivity contribution in [2.45, 2.75) is 53.7 Å². The van der Waals surface area contributed by atoms with Crippen LogP contribution in [-0.2, 0) is 9.63 Å². The van der Waals surface area contributed by atoms with Gasteiger partial charge in [-0.2, -0.15) is 0 Å². The summed E-state index contributed by atoms with van der Waals surface area (Å²) in [5.41, 5.74) is 0. The molecule has 0 aromatic rings. The fourth-order valence-corrected chi connectivity index (χ4v) is 0.910. The molecule has 0 atom stereocenters. The first kappa shape index (κ1) is 12.4. The minimum absolute atomic E-state index is 0.0128. The van der Waals surface area contributed by atoms with Crippen molar-refractivity contribution < 1.29 is 9.63 Å². The van der Waals surface area contributed by atoms with Gasteiger partial charge in [0.25, 0.3) is 0 Å². The molecule has 0 radical (unpaired) electrons. The first-order valence-electron chi connectivity index (χ1n) is 4.86. The Hall–Kier alpha value is -0.570. The summed E-state index contributed by atoms with van der Waals surface area (Å²) >= 11 is 0. The van der Waals surface area contributed by atoms with E-state index in [4.69, 9.17) is 4.84 Å². The van der Waals surface area contributed by atoms with E-state index in [1.807, 2.05) is 41.5 Å².